The fraction of sp³-hybridized carbons (Fsp3) is 0.192. The van der Waals surface area contributed by atoms with Gasteiger partial charge >= 0.3 is 5.97 Å². The summed E-state index contributed by atoms with van der Waals surface area (Å²) in [4.78, 5) is 24.7. The summed E-state index contributed by atoms with van der Waals surface area (Å²) in [5.74, 6) is 0.639. The number of rotatable bonds is 9. The van der Waals surface area contributed by atoms with Gasteiger partial charge in [-0.2, -0.15) is 5.10 Å². The molecule has 3 aromatic carbocycles. The lowest BCUT2D eigenvalue weighted by atomic mass is 10.1. The van der Waals surface area contributed by atoms with Gasteiger partial charge in [-0.1, -0.05) is 22.0 Å². The number of aryl methyl sites for hydroxylation is 2. The van der Waals surface area contributed by atoms with Crippen molar-refractivity contribution in [2.24, 2.45) is 5.10 Å². The highest BCUT2D eigenvalue weighted by Crippen LogP contribution is 2.23. The van der Waals surface area contributed by atoms with Crippen molar-refractivity contribution < 1.29 is 23.8 Å². The second-order valence-electron chi connectivity index (χ2n) is 7.36. The van der Waals surface area contributed by atoms with Crippen LogP contribution in [0.5, 0.6) is 17.2 Å². The molecule has 0 atom stereocenters. The Morgan fingerprint density at radius 1 is 0.941 bits per heavy atom. The Morgan fingerprint density at radius 3 is 2.38 bits per heavy atom. The summed E-state index contributed by atoms with van der Waals surface area (Å²) in [5.41, 5.74) is 5.53. The molecule has 0 heterocycles. The molecule has 0 fully saturated rings. The van der Waals surface area contributed by atoms with Crippen LogP contribution in [0, 0.1) is 13.8 Å². The molecule has 34 heavy (non-hydrogen) atoms. The second kappa shape index (κ2) is 12.0. The number of benzene rings is 3. The van der Waals surface area contributed by atoms with Gasteiger partial charge in [-0.15, -0.1) is 0 Å². The summed E-state index contributed by atoms with van der Waals surface area (Å²) >= 11 is 3.39. The topological polar surface area (TPSA) is 86.2 Å². The number of hydrazone groups is 1. The number of esters is 1. The summed E-state index contributed by atoms with van der Waals surface area (Å²) < 4.78 is 17.2. The zero-order valence-corrected chi connectivity index (χ0v) is 20.7. The first-order chi connectivity index (χ1) is 16.4. The SMILES string of the molecule is CCOc1ccc(C(=O)Oc2ccc(Br)cc2/C=N\NC(=O)COc2ccc(C)c(C)c2)cc1. The normalized spacial score (nSPS) is 10.7. The van der Waals surface area contributed by atoms with E-state index in [1.165, 1.54) is 6.21 Å². The first kappa shape index (κ1) is 25.0. The maximum atomic E-state index is 12.6. The minimum absolute atomic E-state index is 0.183. The number of ether oxygens (including phenoxy) is 3. The molecule has 0 spiro atoms. The van der Waals surface area contributed by atoms with Crippen molar-refractivity contribution in [3.8, 4) is 17.2 Å². The average molecular weight is 525 g/mol. The molecule has 0 saturated heterocycles. The Labute approximate surface area is 206 Å². The standard InChI is InChI=1S/C26H25BrN2O5/c1-4-32-22-10-6-19(7-11-22)26(31)34-24-12-8-21(27)14-20(24)15-28-29-25(30)16-33-23-9-5-17(2)18(3)13-23/h5-15H,4,16H2,1-3H3,(H,29,30)/b28-15-. The van der Waals surface area contributed by atoms with E-state index in [0.717, 1.165) is 15.6 Å². The van der Waals surface area contributed by atoms with Crippen LogP contribution in [-0.4, -0.2) is 31.3 Å². The van der Waals surface area contributed by atoms with Gasteiger partial charge in [0.1, 0.15) is 17.2 Å². The minimum Gasteiger partial charge on any atom is -0.494 e. The van der Waals surface area contributed by atoms with Crippen LogP contribution in [0.25, 0.3) is 0 Å². The van der Waals surface area contributed by atoms with Crippen LogP contribution in [0.3, 0.4) is 0 Å². The molecule has 0 aliphatic heterocycles. The van der Waals surface area contributed by atoms with E-state index in [2.05, 4.69) is 26.5 Å². The lowest BCUT2D eigenvalue weighted by molar-refractivity contribution is -0.123. The molecule has 1 N–H and O–H groups in total. The summed E-state index contributed by atoms with van der Waals surface area (Å²) in [5, 5.41) is 3.97. The maximum absolute atomic E-state index is 12.6. The molecule has 3 rings (SSSR count). The van der Waals surface area contributed by atoms with Gasteiger partial charge in [0.2, 0.25) is 0 Å². The minimum atomic E-state index is -0.522. The third-order valence-corrected chi connectivity index (χ3v) is 5.31. The van der Waals surface area contributed by atoms with E-state index in [-0.39, 0.29) is 6.61 Å². The van der Waals surface area contributed by atoms with Crippen LogP contribution < -0.4 is 19.6 Å². The van der Waals surface area contributed by atoms with E-state index in [4.69, 9.17) is 14.2 Å². The van der Waals surface area contributed by atoms with Gasteiger partial charge in [-0.25, -0.2) is 10.2 Å². The van der Waals surface area contributed by atoms with E-state index < -0.39 is 11.9 Å². The Hall–Kier alpha value is -3.65. The molecular formula is C26H25BrN2O5. The maximum Gasteiger partial charge on any atom is 0.343 e. The van der Waals surface area contributed by atoms with E-state index in [9.17, 15) is 9.59 Å². The zero-order chi connectivity index (χ0) is 24.5. The molecule has 0 saturated carbocycles. The summed E-state index contributed by atoms with van der Waals surface area (Å²) in [6.07, 6.45) is 1.40. The van der Waals surface area contributed by atoms with Crippen molar-refractivity contribution in [1.29, 1.82) is 0 Å². The fourth-order valence-corrected chi connectivity index (χ4v) is 3.26. The Morgan fingerprint density at radius 2 is 1.68 bits per heavy atom. The number of carbonyl (C=O) groups is 2. The molecule has 0 unspecified atom stereocenters. The fourth-order valence-electron chi connectivity index (χ4n) is 2.88. The zero-order valence-electron chi connectivity index (χ0n) is 19.1. The average Bonchev–Trinajstić information content (AvgIpc) is 2.82. The van der Waals surface area contributed by atoms with E-state index >= 15 is 0 Å². The monoisotopic (exact) mass is 524 g/mol. The van der Waals surface area contributed by atoms with Gasteiger partial charge in [-0.3, -0.25) is 4.79 Å². The largest absolute Gasteiger partial charge is 0.494 e. The predicted molar refractivity (Wildman–Crippen MR) is 134 cm³/mol. The summed E-state index contributed by atoms with van der Waals surface area (Å²) in [6, 6.07) is 17.4. The molecule has 1 amide bonds. The summed E-state index contributed by atoms with van der Waals surface area (Å²) in [7, 11) is 0. The first-order valence-electron chi connectivity index (χ1n) is 10.6. The van der Waals surface area contributed by atoms with Crippen molar-refractivity contribution in [3.63, 3.8) is 0 Å². The number of hydrogen-bond donors (Lipinski definition) is 1. The van der Waals surface area contributed by atoms with Crippen LogP contribution in [-0.2, 0) is 4.79 Å². The van der Waals surface area contributed by atoms with E-state index in [1.54, 1.807) is 42.5 Å². The molecule has 0 aliphatic carbocycles. The van der Waals surface area contributed by atoms with Gasteiger partial charge in [0.15, 0.2) is 6.61 Å². The molecule has 8 heteroatoms. The number of hydrogen-bond acceptors (Lipinski definition) is 6. The second-order valence-corrected chi connectivity index (χ2v) is 8.27. The third kappa shape index (κ3) is 7.18. The molecule has 7 nitrogen and oxygen atoms in total. The molecule has 0 bridgehead atoms. The lowest BCUT2D eigenvalue weighted by Crippen LogP contribution is -2.24. The highest BCUT2D eigenvalue weighted by atomic mass is 79.9. The lowest BCUT2D eigenvalue weighted by Gasteiger charge is -2.09. The van der Waals surface area contributed by atoms with Crippen LogP contribution in [0.15, 0.2) is 70.2 Å². The summed E-state index contributed by atoms with van der Waals surface area (Å²) in [6.45, 7) is 6.23. The van der Waals surface area contributed by atoms with Crippen molar-refractivity contribution in [2.75, 3.05) is 13.2 Å². The highest BCUT2D eigenvalue weighted by Gasteiger charge is 2.12. The smallest absolute Gasteiger partial charge is 0.343 e. The number of amides is 1. The molecule has 176 valence electrons. The Balaban J connectivity index is 1.60. The molecule has 0 radical (unpaired) electrons. The Bertz CT molecular complexity index is 1190. The van der Waals surface area contributed by atoms with E-state index in [1.807, 2.05) is 39.0 Å². The molecule has 0 aromatic heterocycles. The van der Waals surface area contributed by atoms with Crippen LogP contribution >= 0.6 is 15.9 Å². The number of carbonyl (C=O) groups excluding carboxylic acids is 2. The van der Waals surface area contributed by atoms with Gasteiger partial charge in [0.05, 0.1) is 18.4 Å². The predicted octanol–water partition coefficient (Wildman–Crippen LogP) is 5.21. The number of nitrogens with zero attached hydrogens (tertiary/aromatic N) is 1. The third-order valence-electron chi connectivity index (χ3n) is 4.82. The van der Waals surface area contributed by atoms with Crippen LogP contribution in [0.4, 0.5) is 0 Å². The molecule has 3 aromatic rings. The van der Waals surface area contributed by atoms with E-state index in [0.29, 0.717) is 35.0 Å². The number of halogens is 1. The molecule has 0 aliphatic rings. The van der Waals surface area contributed by atoms with Gasteiger partial charge < -0.3 is 14.2 Å². The Kier molecular flexibility index (Phi) is 8.81. The van der Waals surface area contributed by atoms with Crippen molar-refractivity contribution in [3.05, 3.63) is 87.4 Å². The number of nitrogens with one attached hydrogen (secondary N) is 1. The van der Waals surface area contributed by atoms with Crippen molar-refractivity contribution >= 4 is 34.0 Å². The first-order valence-corrected chi connectivity index (χ1v) is 11.4. The van der Waals surface area contributed by atoms with Gasteiger partial charge in [0, 0.05) is 10.0 Å². The van der Waals surface area contributed by atoms with Gasteiger partial charge in [0.25, 0.3) is 5.91 Å². The quantitative estimate of drug-likeness (QED) is 0.179. The van der Waals surface area contributed by atoms with Crippen molar-refractivity contribution in [2.45, 2.75) is 20.8 Å². The van der Waals surface area contributed by atoms with Crippen LogP contribution in [0.2, 0.25) is 0 Å². The van der Waals surface area contributed by atoms with Gasteiger partial charge in [-0.05, 0) is 86.5 Å². The van der Waals surface area contributed by atoms with Crippen molar-refractivity contribution in [1.82, 2.24) is 5.43 Å². The van der Waals surface area contributed by atoms with Crippen LogP contribution in [0.1, 0.15) is 34.0 Å². The highest BCUT2D eigenvalue weighted by molar-refractivity contribution is 9.10. The molecular weight excluding hydrogens is 500 g/mol.